The summed E-state index contributed by atoms with van der Waals surface area (Å²) in [5.74, 6) is -0.769. The highest BCUT2D eigenvalue weighted by Gasteiger charge is 2.12. The monoisotopic (exact) mass is 298 g/mol. The molecule has 0 saturated carbocycles. The van der Waals surface area contributed by atoms with Crippen molar-refractivity contribution in [1.82, 2.24) is 0 Å². The Morgan fingerprint density at radius 1 is 1.27 bits per heavy atom. The van der Waals surface area contributed by atoms with Crippen LogP contribution in [0.2, 0.25) is 0 Å². The second-order valence-electron chi connectivity index (χ2n) is 4.70. The number of phenols is 1. The van der Waals surface area contributed by atoms with Gasteiger partial charge in [0.15, 0.2) is 5.75 Å². The summed E-state index contributed by atoms with van der Waals surface area (Å²) in [4.78, 5) is 21.7. The molecule has 0 aliphatic heterocycles. The van der Waals surface area contributed by atoms with E-state index < -0.39 is 10.7 Å². The van der Waals surface area contributed by atoms with E-state index in [1.54, 1.807) is 6.07 Å². The van der Waals surface area contributed by atoms with Crippen LogP contribution >= 0.6 is 0 Å². The molecule has 2 rings (SSSR count). The number of hydrogen-bond donors (Lipinski definition) is 2. The minimum Gasteiger partial charge on any atom is -0.502 e. The van der Waals surface area contributed by atoms with Crippen LogP contribution in [0.1, 0.15) is 11.1 Å². The lowest BCUT2D eigenvalue weighted by atomic mass is 10.1. The lowest BCUT2D eigenvalue weighted by Crippen LogP contribution is -2.07. The molecule has 0 fully saturated rings. The number of nitrogens with zero attached hydrogens (tertiary/aromatic N) is 1. The first-order chi connectivity index (χ1) is 10.5. The maximum absolute atomic E-state index is 11.8. The average molecular weight is 298 g/mol. The largest absolute Gasteiger partial charge is 0.502 e. The van der Waals surface area contributed by atoms with Crippen LogP contribution in [0.3, 0.4) is 0 Å². The van der Waals surface area contributed by atoms with Crippen LogP contribution in [-0.2, 0) is 4.79 Å². The topological polar surface area (TPSA) is 92.5 Å². The highest BCUT2D eigenvalue weighted by molar-refractivity contribution is 6.02. The fourth-order valence-corrected chi connectivity index (χ4v) is 1.88. The molecule has 2 N–H and O–H groups in total. The van der Waals surface area contributed by atoms with Crippen molar-refractivity contribution in [3.8, 4) is 5.75 Å². The average Bonchev–Trinajstić information content (AvgIpc) is 2.45. The van der Waals surface area contributed by atoms with Crippen molar-refractivity contribution in [2.24, 2.45) is 0 Å². The molecule has 0 unspecified atom stereocenters. The molecule has 2 aromatic carbocycles. The summed E-state index contributed by atoms with van der Waals surface area (Å²) < 4.78 is 0. The van der Waals surface area contributed by atoms with E-state index in [-0.39, 0.29) is 11.6 Å². The molecule has 0 atom stereocenters. The Hall–Kier alpha value is -3.15. The number of nitro groups is 1. The molecule has 6 nitrogen and oxygen atoms in total. The third kappa shape index (κ3) is 3.92. The van der Waals surface area contributed by atoms with Gasteiger partial charge in [-0.3, -0.25) is 14.9 Å². The molecule has 0 spiro atoms. The normalized spacial score (nSPS) is 10.6. The van der Waals surface area contributed by atoms with Crippen LogP contribution in [0.5, 0.6) is 5.75 Å². The van der Waals surface area contributed by atoms with Crippen molar-refractivity contribution in [3.05, 3.63) is 69.8 Å². The van der Waals surface area contributed by atoms with Crippen LogP contribution in [0.4, 0.5) is 11.4 Å². The number of nitrogens with one attached hydrogen (secondary N) is 1. The smallest absolute Gasteiger partial charge is 0.310 e. The van der Waals surface area contributed by atoms with Gasteiger partial charge in [-0.05, 0) is 48.4 Å². The molecule has 22 heavy (non-hydrogen) atoms. The summed E-state index contributed by atoms with van der Waals surface area (Å²) >= 11 is 0. The van der Waals surface area contributed by atoms with Gasteiger partial charge in [-0.1, -0.05) is 12.1 Å². The number of carbonyl (C=O) groups is 1. The van der Waals surface area contributed by atoms with Crippen LogP contribution < -0.4 is 5.32 Å². The predicted molar refractivity (Wildman–Crippen MR) is 83.6 cm³/mol. The van der Waals surface area contributed by atoms with Gasteiger partial charge in [0.1, 0.15) is 0 Å². The zero-order valence-electron chi connectivity index (χ0n) is 11.8. The van der Waals surface area contributed by atoms with Crippen LogP contribution in [-0.4, -0.2) is 15.9 Å². The first-order valence-corrected chi connectivity index (χ1v) is 6.49. The Balaban J connectivity index is 2.06. The summed E-state index contributed by atoms with van der Waals surface area (Å²) in [6.07, 6.45) is 2.76. The van der Waals surface area contributed by atoms with Gasteiger partial charge >= 0.3 is 5.69 Å². The fraction of sp³-hybridized carbons (Fsp3) is 0.0625. The quantitative estimate of drug-likeness (QED) is 0.514. The summed E-state index contributed by atoms with van der Waals surface area (Å²) in [5, 5.41) is 22.8. The molecule has 0 aromatic heterocycles. The molecule has 0 bridgehead atoms. The maximum atomic E-state index is 11.8. The summed E-state index contributed by atoms with van der Waals surface area (Å²) in [6, 6.07) is 11.2. The summed E-state index contributed by atoms with van der Waals surface area (Å²) in [5.41, 5.74) is 1.83. The van der Waals surface area contributed by atoms with Gasteiger partial charge in [-0.25, -0.2) is 0 Å². The van der Waals surface area contributed by atoms with Crippen molar-refractivity contribution in [3.63, 3.8) is 0 Å². The molecule has 2 aromatic rings. The Labute approximate surface area is 126 Å². The molecule has 0 radical (unpaired) electrons. The van der Waals surface area contributed by atoms with Crippen LogP contribution in [0, 0.1) is 17.0 Å². The van der Waals surface area contributed by atoms with E-state index in [2.05, 4.69) is 5.32 Å². The fourth-order valence-electron chi connectivity index (χ4n) is 1.88. The first kappa shape index (κ1) is 15.2. The lowest BCUT2D eigenvalue weighted by molar-refractivity contribution is -0.385. The molecule has 0 saturated heterocycles. The van der Waals surface area contributed by atoms with Crippen LogP contribution in [0.15, 0.2) is 48.5 Å². The van der Waals surface area contributed by atoms with Crippen LogP contribution in [0.25, 0.3) is 6.08 Å². The van der Waals surface area contributed by atoms with E-state index >= 15 is 0 Å². The van der Waals surface area contributed by atoms with Crippen molar-refractivity contribution < 1.29 is 14.8 Å². The molecule has 1 amide bonds. The van der Waals surface area contributed by atoms with Gasteiger partial charge in [-0.15, -0.1) is 0 Å². The van der Waals surface area contributed by atoms with E-state index in [0.29, 0.717) is 11.3 Å². The number of hydrogen-bond acceptors (Lipinski definition) is 4. The number of nitro benzene ring substituents is 1. The number of phenolic OH excluding ortho intramolecular Hbond substituents is 1. The Bertz CT molecular complexity index is 754. The van der Waals surface area contributed by atoms with Crippen molar-refractivity contribution in [2.45, 2.75) is 6.92 Å². The van der Waals surface area contributed by atoms with Gasteiger partial charge in [0.05, 0.1) is 4.92 Å². The van der Waals surface area contributed by atoms with Crippen molar-refractivity contribution >= 4 is 23.4 Å². The minimum atomic E-state index is -0.673. The second kappa shape index (κ2) is 6.53. The lowest BCUT2D eigenvalue weighted by Gasteiger charge is -2.03. The molecule has 0 aliphatic carbocycles. The van der Waals surface area contributed by atoms with E-state index in [9.17, 15) is 20.0 Å². The Kier molecular flexibility index (Phi) is 4.53. The van der Waals surface area contributed by atoms with E-state index in [0.717, 1.165) is 5.56 Å². The standard InChI is InChI=1S/C16H14N2O4/c1-11-3-2-4-13(9-11)17-16(20)8-6-12-5-7-14(18(21)22)15(19)10-12/h2-10,19H,1H3,(H,17,20)/b8-6+. The van der Waals surface area contributed by atoms with Gasteiger partial charge < -0.3 is 10.4 Å². The third-order valence-corrected chi connectivity index (χ3v) is 2.91. The maximum Gasteiger partial charge on any atom is 0.310 e. The molecule has 0 heterocycles. The highest BCUT2D eigenvalue weighted by atomic mass is 16.6. The zero-order chi connectivity index (χ0) is 16.1. The predicted octanol–water partition coefficient (Wildman–Crippen LogP) is 3.26. The number of aryl methyl sites for hydroxylation is 1. The number of benzene rings is 2. The Morgan fingerprint density at radius 2 is 2.05 bits per heavy atom. The van der Waals surface area contributed by atoms with Crippen molar-refractivity contribution in [2.75, 3.05) is 5.32 Å². The SMILES string of the molecule is Cc1cccc(NC(=O)/C=C/c2ccc([N+](=O)[O-])c(O)c2)c1. The Morgan fingerprint density at radius 3 is 2.68 bits per heavy atom. The van der Waals surface area contributed by atoms with Gasteiger partial charge in [0, 0.05) is 17.8 Å². The van der Waals surface area contributed by atoms with Crippen molar-refractivity contribution in [1.29, 1.82) is 0 Å². The first-order valence-electron chi connectivity index (χ1n) is 6.49. The number of anilines is 1. The van der Waals surface area contributed by atoms with Gasteiger partial charge in [0.25, 0.3) is 0 Å². The second-order valence-corrected chi connectivity index (χ2v) is 4.70. The van der Waals surface area contributed by atoms with E-state index in [1.165, 1.54) is 30.4 Å². The van der Waals surface area contributed by atoms with Gasteiger partial charge in [-0.2, -0.15) is 0 Å². The minimum absolute atomic E-state index is 0.330. The summed E-state index contributed by atoms with van der Waals surface area (Å²) in [7, 11) is 0. The molecule has 0 aliphatic rings. The molecular formula is C16H14N2O4. The molecular weight excluding hydrogens is 284 g/mol. The zero-order valence-corrected chi connectivity index (χ0v) is 11.8. The summed E-state index contributed by atoms with van der Waals surface area (Å²) in [6.45, 7) is 1.92. The third-order valence-electron chi connectivity index (χ3n) is 2.91. The highest BCUT2D eigenvalue weighted by Crippen LogP contribution is 2.26. The molecule has 6 heteroatoms. The number of aromatic hydroxyl groups is 1. The number of rotatable bonds is 4. The molecule has 112 valence electrons. The number of carbonyl (C=O) groups excluding carboxylic acids is 1. The van der Waals surface area contributed by atoms with E-state index in [1.807, 2.05) is 25.1 Å². The van der Waals surface area contributed by atoms with E-state index in [4.69, 9.17) is 0 Å². The van der Waals surface area contributed by atoms with Gasteiger partial charge in [0.2, 0.25) is 5.91 Å². The number of amides is 1.